The lowest BCUT2D eigenvalue weighted by molar-refractivity contribution is 0.483. The molecule has 140 valence electrons. The van der Waals surface area contributed by atoms with E-state index < -0.39 is 0 Å². The molecule has 2 heterocycles. The van der Waals surface area contributed by atoms with Gasteiger partial charge in [-0.15, -0.1) is 0 Å². The number of aromatic amines is 1. The van der Waals surface area contributed by atoms with Crippen LogP contribution in [0.1, 0.15) is 37.3 Å². The molecule has 1 saturated carbocycles. The Labute approximate surface area is 164 Å². The monoisotopic (exact) mass is 369 g/mol. The van der Waals surface area contributed by atoms with Gasteiger partial charge >= 0.3 is 0 Å². The third-order valence-electron chi connectivity index (χ3n) is 5.62. The van der Waals surface area contributed by atoms with Gasteiger partial charge in [-0.05, 0) is 54.3 Å². The van der Waals surface area contributed by atoms with E-state index in [1.165, 1.54) is 31.4 Å². The SMILES string of the molecule is Nc1[nH]cc2nc(C3CCCC3)cc(-c3ccc(Oc4ccccc4)cc3)c12. The van der Waals surface area contributed by atoms with Crippen molar-refractivity contribution in [2.75, 3.05) is 5.73 Å². The summed E-state index contributed by atoms with van der Waals surface area (Å²) in [5.41, 5.74) is 10.6. The summed E-state index contributed by atoms with van der Waals surface area (Å²) in [6.45, 7) is 0. The van der Waals surface area contributed by atoms with E-state index in [1.54, 1.807) is 0 Å². The number of anilines is 1. The second-order valence-corrected chi connectivity index (χ2v) is 7.48. The summed E-state index contributed by atoms with van der Waals surface area (Å²) >= 11 is 0. The van der Waals surface area contributed by atoms with Gasteiger partial charge in [0.2, 0.25) is 0 Å². The number of benzene rings is 2. The van der Waals surface area contributed by atoms with Gasteiger partial charge in [-0.2, -0.15) is 0 Å². The molecule has 1 aliphatic rings. The van der Waals surface area contributed by atoms with Gasteiger partial charge < -0.3 is 15.5 Å². The van der Waals surface area contributed by atoms with Crippen LogP contribution in [0, 0.1) is 0 Å². The highest BCUT2D eigenvalue weighted by molar-refractivity contribution is 6.02. The maximum atomic E-state index is 6.23. The Morgan fingerprint density at radius 3 is 2.39 bits per heavy atom. The molecule has 0 amide bonds. The van der Waals surface area contributed by atoms with Crippen LogP contribution in [0.4, 0.5) is 5.82 Å². The fraction of sp³-hybridized carbons (Fsp3) is 0.208. The van der Waals surface area contributed by atoms with Gasteiger partial charge in [0.25, 0.3) is 0 Å². The molecule has 2 aromatic heterocycles. The van der Waals surface area contributed by atoms with Gasteiger partial charge in [0.15, 0.2) is 0 Å². The number of hydrogen-bond donors (Lipinski definition) is 2. The van der Waals surface area contributed by atoms with E-state index in [-0.39, 0.29) is 0 Å². The maximum absolute atomic E-state index is 6.23. The number of H-pyrrole nitrogens is 1. The van der Waals surface area contributed by atoms with Crippen molar-refractivity contribution in [1.82, 2.24) is 9.97 Å². The predicted octanol–water partition coefficient (Wildman–Crippen LogP) is 6.26. The third kappa shape index (κ3) is 3.11. The van der Waals surface area contributed by atoms with Crippen LogP contribution in [0.25, 0.3) is 22.0 Å². The zero-order chi connectivity index (χ0) is 18.9. The van der Waals surface area contributed by atoms with E-state index in [0.717, 1.165) is 33.5 Å². The molecule has 4 heteroatoms. The van der Waals surface area contributed by atoms with E-state index in [1.807, 2.05) is 48.7 Å². The first kappa shape index (κ1) is 16.9. The number of hydrogen-bond acceptors (Lipinski definition) is 3. The third-order valence-corrected chi connectivity index (χ3v) is 5.62. The Morgan fingerprint density at radius 1 is 0.929 bits per heavy atom. The molecule has 4 nitrogen and oxygen atoms in total. The van der Waals surface area contributed by atoms with Crippen molar-refractivity contribution < 1.29 is 4.74 Å². The lowest BCUT2D eigenvalue weighted by atomic mass is 9.96. The summed E-state index contributed by atoms with van der Waals surface area (Å²) in [4.78, 5) is 8.04. The summed E-state index contributed by atoms with van der Waals surface area (Å²) in [6, 6.07) is 20.3. The van der Waals surface area contributed by atoms with E-state index in [0.29, 0.717) is 11.7 Å². The van der Waals surface area contributed by atoms with Crippen LogP contribution >= 0.6 is 0 Å². The highest BCUT2D eigenvalue weighted by Crippen LogP contribution is 2.39. The number of pyridine rings is 1. The largest absolute Gasteiger partial charge is 0.457 e. The molecule has 0 saturated heterocycles. The number of nitrogens with zero attached hydrogens (tertiary/aromatic N) is 1. The Balaban J connectivity index is 1.53. The van der Waals surface area contributed by atoms with E-state index in [2.05, 4.69) is 23.2 Å². The number of para-hydroxylation sites is 1. The van der Waals surface area contributed by atoms with Gasteiger partial charge in [0.05, 0.1) is 5.52 Å². The molecule has 0 radical (unpaired) electrons. The van der Waals surface area contributed by atoms with Crippen molar-refractivity contribution in [2.45, 2.75) is 31.6 Å². The fourth-order valence-corrected chi connectivity index (χ4v) is 4.18. The van der Waals surface area contributed by atoms with Gasteiger partial charge in [-0.1, -0.05) is 43.2 Å². The molecule has 3 N–H and O–H groups in total. The van der Waals surface area contributed by atoms with Crippen LogP contribution in [-0.4, -0.2) is 9.97 Å². The van der Waals surface area contributed by atoms with Crippen LogP contribution in [-0.2, 0) is 0 Å². The Hall–Kier alpha value is -3.27. The quantitative estimate of drug-likeness (QED) is 0.446. The Kier molecular flexibility index (Phi) is 4.24. The van der Waals surface area contributed by atoms with Crippen molar-refractivity contribution >= 4 is 16.7 Å². The Bertz CT molecular complexity index is 1090. The molecule has 1 aliphatic carbocycles. The standard InChI is InChI=1S/C24H23N3O/c25-24-23-20(14-21(17-6-4-5-7-17)27-22(23)15-26-24)16-10-12-19(13-11-16)28-18-8-2-1-3-9-18/h1-3,8-15,17,26H,4-7,25H2. The number of nitrogen functional groups attached to an aromatic ring is 1. The minimum absolute atomic E-state index is 0.556. The molecule has 0 spiro atoms. The minimum Gasteiger partial charge on any atom is -0.457 e. The van der Waals surface area contributed by atoms with E-state index in [9.17, 15) is 0 Å². The molecule has 0 unspecified atom stereocenters. The highest BCUT2D eigenvalue weighted by Gasteiger charge is 2.21. The first-order valence-corrected chi connectivity index (χ1v) is 9.89. The summed E-state index contributed by atoms with van der Waals surface area (Å²) in [5.74, 6) is 2.87. The second kappa shape index (κ2) is 7.04. The van der Waals surface area contributed by atoms with Crippen molar-refractivity contribution in [2.24, 2.45) is 0 Å². The van der Waals surface area contributed by atoms with E-state index in [4.69, 9.17) is 15.5 Å². The molecule has 4 aromatic rings. The Morgan fingerprint density at radius 2 is 1.64 bits per heavy atom. The van der Waals surface area contributed by atoms with Gasteiger partial charge in [0.1, 0.15) is 17.3 Å². The molecule has 0 aliphatic heterocycles. The lowest BCUT2D eigenvalue weighted by Crippen LogP contribution is -1.98. The van der Waals surface area contributed by atoms with Crippen molar-refractivity contribution in [1.29, 1.82) is 0 Å². The first-order valence-electron chi connectivity index (χ1n) is 9.89. The zero-order valence-electron chi connectivity index (χ0n) is 15.7. The zero-order valence-corrected chi connectivity index (χ0v) is 15.7. The van der Waals surface area contributed by atoms with Crippen LogP contribution in [0.2, 0.25) is 0 Å². The van der Waals surface area contributed by atoms with Crippen LogP contribution in [0.3, 0.4) is 0 Å². The van der Waals surface area contributed by atoms with Gasteiger partial charge in [-0.25, -0.2) is 0 Å². The van der Waals surface area contributed by atoms with Gasteiger partial charge in [0, 0.05) is 23.2 Å². The average molecular weight is 369 g/mol. The summed E-state index contributed by atoms with van der Waals surface area (Å²) < 4.78 is 5.93. The molecule has 0 atom stereocenters. The van der Waals surface area contributed by atoms with E-state index >= 15 is 0 Å². The number of fused-ring (bicyclic) bond motifs is 1. The van der Waals surface area contributed by atoms with Crippen molar-refractivity contribution in [3.05, 3.63) is 72.6 Å². The lowest BCUT2D eigenvalue weighted by Gasteiger charge is -2.13. The van der Waals surface area contributed by atoms with Crippen molar-refractivity contribution in [3.8, 4) is 22.6 Å². The van der Waals surface area contributed by atoms with Crippen LogP contribution in [0.5, 0.6) is 11.5 Å². The van der Waals surface area contributed by atoms with Crippen molar-refractivity contribution in [3.63, 3.8) is 0 Å². The highest BCUT2D eigenvalue weighted by atomic mass is 16.5. The van der Waals surface area contributed by atoms with Gasteiger partial charge in [-0.3, -0.25) is 4.98 Å². The molecule has 5 rings (SSSR count). The fourth-order valence-electron chi connectivity index (χ4n) is 4.18. The molecule has 0 bridgehead atoms. The molecular formula is C24H23N3O. The van der Waals surface area contributed by atoms with Crippen LogP contribution in [0.15, 0.2) is 66.9 Å². The molecule has 1 fully saturated rings. The second-order valence-electron chi connectivity index (χ2n) is 7.48. The average Bonchev–Trinajstić information content (AvgIpc) is 3.39. The summed E-state index contributed by atoms with van der Waals surface area (Å²) in [5, 5.41) is 0.999. The topological polar surface area (TPSA) is 63.9 Å². The number of aromatic nitrogens is 2. The first-order chi connectivity index (χ1) is 13.8. The maximum Gasteiger partial charge on any atom is 0.127 e. The molecule has 2 aromatic carbocycles. The summed E-state index contributed by atoms with van der Waals surface area (Å²) in [6.07, 6.45) is 6.95. The van der Waals surface area contributed by atoms with Crippen LogP contribution < -0.4 is 10.5 Å². The smallest absolute Gasteiger partial charge is 0.127 e. The summed E-state index contributed by atoms with van der Waals surface area (Å²) in [7, 11) is 0. The minimum atomic E-state index is 0.556. The molecule has 28 heavy (non-hydrogen) atoms. The predicted molar refractivity (Wildman–Crippen MR) is 114 cm³/mol. The molecular weight excluding hydrogens is 346 g/mol. The number of nitrogens with one attached hydrogen (secondary N) is 1. The number of rotatable bonds is 4. The number of nitrogens with two attached hydrogens (primary N) is 1. The normalized spacial score (nSPS) is 14.6. The number of ether oxygens (including phenoxy) is 1.